The van der Waals surface area contributed by atoms with E-state index in [1.807, 2.05) is 0 Å². The molecule has 1 amide bonds. The van der Waals surface area contributed by atoms with Crippen LogP contribution in [0, 0.1) is 6.92 Å². The van der Waals surface area contributed by atoms with Crippen LogP contribution in [0.25, 0.3) is 0 Å². The molecule has 20 heavy (non-hydrogen) atoms. The second-order valence-electron chi connectivity index (χ2n) is 3.87. The minimum atomic E-state index is -4.52. The van der Waals surface area contributed by atoms with Gasteiger partial charge in [0.05, 0.1) is 23.1 Å². The zero-order valence-electron chi connectivity index (χ0n) is 10.5. The summed E-state index contributed by atoms with van der Waals surface area (Å²) < 4.78 is 40.1. The summed E-state index contributed by atoms with van der Waals surface area (Å²) in [7, 11) is 0. The Morgan fingerprint density at radius 3 is 2.70 bits per heavy atom. The van der Waals surface area contributed by atoms with Gasteiger partial charge in [0.25, 0.3) is 5.91 Å². The molecule has 0 bridgehead atoms. The molecule has 0 atom stereocenters. The molecule has 110 valence electrons. The Hall–Kier alpha value is -2.32. The molecule has 0 aliphatic heterocycles. The van der Waals surface area contributed by atoms with Gasteiger partial charge in [-0.3, -0.25) is 9.78 Å². The van der Waals surface area contributed by atoms with Crippen molar-refractivity contribution in [3.8, 4) is 0 Å². The number of rotatable bonds is 4. The Labute approximate surface area is 112 Å². The summed E-state index contributed by atoms with van der Waals surface area (Å²) in [5.41, 5.74) is 6.05. The second-order valence-corrected chi connectivity index (χ2v) is 3.87. The van der Waals surface area contributed by atoms with Gasteiger partial charge in [0, 0.05) is 0 Å². The van der Waals surface area contributed by atoms with Crippen LogP contribution in [0.15, 0.2) is 12.3 Å². The zero-order chi connectivity index (χ0) is 15.3. The highest BCUT2D eigenvalue weighted by Crippen LogP contribution is 2.12. The maximum atomic E-state index is 11.8. The van der Waals surface area contributed by atoms with E-state index in [1.165, 1.54) is 19.2 Å². The molecule has 1 rings (SSSR count). The van der Waals surface area contributed by atoms with Crippen molar-refractivity contribution in [1.82, 2.24) is 10.3 Å². The maximum absolute atomic E-state index is 11.8. The van der Waals surface area contributed by atoms with E-state index >= 15 is 0 Å². The number of alkyl halides is 3. The highest BCUT2D eigenvalue weighted by atomic mass is 19.4. The summed E-state index contributed by atoms with van der Waals surface area (Å²) in [5, 5.41) is 1.57. The predicted molar refractivity (Wildman–Crippen MR) is 62.7 cm³/mol. The molecule has 0 aliphatic carbocycles. The smallest absolute Gasteiger partial charge is 0.405 e. The SMILES string of the molecule is Cc1ncc(N)cc1C(=O)OCC(=O)NCC(F)(F)F. The maximum Gasteiger partial charge on any atom is 0.405 e. The number of nitrogens with two attached hydrogens (primary N) is 1. The molecule has 0 aromatic carbocycles. The summed E-state index contributed by atoms with van der Waals surface area (Å²) in [6.45, 7) is -0.773. The van der Waals surface area contributed by atoms with E-state index in [9.17, 15) is 22.8 Å². The Kier molecular flexibility index (Phi) is 4.89. The molecule has 6 nitrogen and oxygen atoms in total. The fourth-order valence-corrected chi connectivity index (χ4v) is 1.21. The summed E-state index contributed by atoms with van der Waals surface area (Å²) in [6.07, 6.45) is -3.18. The highest BCUT2D eigenvalue weighted by Gasteiger charge is 2.27. The summed E-state index contributed by atoms with van der Waals surface area (Å²) in [5.74, 6) is -1.94. The second kappa shape index (κ2) is 6.22. The first kappa shape index (κ1) is 15.7. The number of hydrogen-bond donors (Lipinski definition) is 2. The molecule has 0 unspecified atom stereocenters. The van der Waals surface area contributed by atoms with Crippen molar-refractivity contribution in [1.29, 1.82) is 0 Å². The summed E-state index contributed by atoms with van der Waals surface area (Å²) >= 11 is 0. The monoisotopic (exact) mass is 291 g/mol. The number of halogens is 3. The molecule has 0 radical (unpaired) electrons. The number of aryl methyl sites for hydroxylation is 1. The summed E-state index contributed by atoms with van der Waals surface area (Å²) in [6, 6.07) is 1.30. The number of hydrogen-bond acceptors (Lipinski definition) is 5. The first-order valence-corrected chi connectivity index (χ1v) is 5.42. The molecule has 0 saturated heterocycles. The molecule has 0 fully saturated rings. The third-order valence-corrected chi connectivity index (χ3v) is 2.15. The number of amides is 1. The third-order valence-electron chi connectivity index (χ3n) is 2.15. The highest BCUT2D eigenvalue weighted by molar-refractivity contribution is 5.93. The fourth-order valence-electron chi connectivity index (χ4n) is 1.21. The van der Waals surface area contributed by atoms with Crippen molar-refractivity contribution in [2.75, 3.05) is 18.9 Å². The van der Waals surface area contributed by atoms with Crippen LogP contribution in [-0.4, -0.2) is 36.2 Å². The lowest BCUT2D eigenvalue weighted by Gasteiger charge is -2.09. The molecule has 1 aromatic heterocycles. The number of aromatic nitrogens is 1. The molecular formula is C11H12F3N3O3. The zero-order valence-corrected chi connectivity index (χ0v) is 10.5. The van der Waals surface area contributed by atoms with Crippen LogP contribution in [-0.2, 0) is 9.53 Å². The number of carbonyl (C=O) groups excluding carboxylic acids is 2. The van der Waals surface area contributed by atoms with Crippen LogP contribution in [0.5, 0.6) is 0 Å². The van der Waals surface area contributed by atoms with Gasteiger partial charge < -0.3 is 15.8 Å². The molecular weight excluding hydrogens is 279 g/mol. The van der Waals surface area contributed by atoms with Gasteiger partial charge in [0.15, 0.2) is 6.61 Å². The van der Waals surface area contributed by atoms with E-state index in [1.54, 1.807) is 5.32 Å². The van der Waals surface area contributed by atoms with Gasteiger partial charge in [0.1, 0.15) is 6.54 Å². The quantitative estimate of drug-likeness (QED) is 0.800. The summed E-state index contributed by atoms with van der Waals surface area (Å²) in [4.78, 5) is 26.5. The Balaban J connectivity index is 2.51. The largest absolute Gasteiger partial charge is 0.452 e. The van der Waals surface area contributed by atoms with E-state index in [0.717, 1.165) is 0 Å². The van der Waals surface area contributed by atoms with Crippen molar-refractivity contribution in [2.24, 2.45) is 0 Å². The Morgan fingerprint density at radius 2 is 2.10 bits per heavy atom. The average Bonchev–Trinajstić information content (AvgIpc) is 2.35. The molecule has 9 heteroatoms. The van der Waals surface area contributed by atoms with Crippen LogP contribution in [0.4, 0.5) is 18.9 Å². The van der Waals surface area contributed by atoms with Crippen molar-refractivity contribution < 1.29 is 27.5 Å². The predicted octanol–water partition coefficient (Wildman–Crippen LogP) is 0.808. The van der Waals surface area contributed by atoms with Gasteiger partial charge in [-0.05, 0) is 13.0 Å². The van der Waals surface area contributed by atoms with Crippen molar-refractivity contribution in [2.45, 2.75) is 13.1 Å². The van der Waals surface area contributed by atoms with E-state index in [2.05, 4.69) is 9.72 Å². The van der Waals surface area contributed by atoms with Crippen LogP contribution in [0.3, 0.4) is 0 Å². The first-order chi connectivity index (χ1) is 9.19. The van der Waals surface area contributed by atoms with Gasteiger partial charge in [-0.15, -0.1) is 0 Å². The topological polar surface area (TPSA) is 94.3 Å². The number of pyridine rings is 1. The number of esters is 1. The normalized spacial score (nSPS) is 11.0. The number of ether oxygens (including phenoxy) is 1. The molecule has 3 N–H and O–H groups in total. The van der Waals surface area contributed by atoms with Gasteiger partial charge in [0.2, 0.25) is 0 Å². The van der Waals surface area contributed by atoms with E-state index in [0.29, 0.717) is 5.69 Å². The Morgan fingerprint density at radius 1 is 1.45 bits per heavy atom. The number of nitrogen functional groups attached to an aromatic ring is 1. The lowest BCUT2D eigenvalue weighted by molar-refractivity contribution is -0.140. The van der Waals surface area contributed by atoms with Crippen LogP contribution >= 0.6 is 0 Å². The van der Waals surface area contributed by atoms with E-state index < -0.39 is 31.2 Å². The van der Waals surface area contributed by atoms with E-state index in [-0.39, 0.29) is 11.3 Å². The van der Waals surface area contributed by atoms with Gasteiger partial charge >= 0.3 is 12.1 Å². The van der Waals surface area contributed by atoms with Crippen LogP contribution < -0.4 is 11.1 Å². The first-order valence-electron chi connectivity index (χ1n) is 5.42. The van der Waals surface area contributed by atoms with Crippen molar-refractivity contribution in [3.63, 3.8) is 0 Å². The fraction of sp³-hybridized carbons (Fsp3) is 0.364. The molecule has 1 aromatic rings. The van der Waals surface area contributed by atoms with Gasteiger partial charge in [-0.2, -0.15) is 13.2 Å². The molecule has 1 heterocycles. The number of carbonyl (C=O) groups is 2. The number of nitrogens with zero attached hydrogens (tertiary/aromatic N) is 1. The van der Waals surface area contributed by atoms with Crippen molar-refractivity contribution >= 4 is 17.6 Å². The van der Waals surface area contributed by atoms with Gasteiger partial charge in [-0.1, -0.05) is 0 Å². The number of nitrogens with one attached hydrogen (secondary N) is 1. The van der Waals surface area contributed by atoms with E-state index in [4.69, 9.17) is 5.73 Å². The molecule has 0 spiro atoms. The van der Waals surface area contributed by atoms with Crippen LogP contribution in [0.2, 0.25) is 0 Å². The van der Waals surface area contributed by atoms with Crippen molar-refractivity contribution in [3.05, 3.63) is 23.5 Å². The minimum Gasteiger partial charge on any atom is -0.452 e. The van der Waals surface area contributed by atoms with Gasteiger partial charge in [-0.25, -0.2) is 4.79 Å². The Bertz CT molecular complexity index is 517. The minimum absolute atomic E-state index is 0.0496. The lowest BCUT2D eigenvalue weighted by Crippen LogP contribution is -2.36. The van der Waals surface area contributed by atoms with Crippen LogP contribution in [0.1, 0.15) is 16.1 Å². The average molecular weight is 291 g/mol. The standard InChI is InChI=1S/C11H12F3N3O3/c1-6-8(2-7(15)3-16-6)10(19)20-4-9(18)17-5-11(12,13)14/h2-3H,4-5,15H2,1H3,(H,17,18). The lowest BCUT2D eigenvalue weighted by atomic mass is 10.2. The molecule has 0 aliphatic rings. The number of anilines is 1. The third kappa shape index (κ3) is 5.12. The molecule has 0 saturated carbocycles.